The molecule has 0 atom stereocenters. The minimum Gasteiger partial charge on any atom is -0.355 e. The zero-order chi connectivity index (χ0) is 20.9. The third-order valence-corrected chi connectivity index (χ3v) is 6.93. The number of nitrogens with one attached hydrogen (secondary N) is 2. The number of imidazole rings is 1. The van der Waals surface area contributed by atoms with E-state index in [-0.39, 0.29) is 5.69 Å². The summed E-state index contributed by atoms with van der Waals surface area (Å²) in [4.78, 5) is 19.2. The van der Waals surface area contributed by atoms with Gasteiger partial charge in [0.2, 0.25) is 0 Å². The number of H-pyrrole nitrogens is 1. The summed E-state index contributed by atoms with van der Waals surface area (Å²) in [7, 11) is 4.20. The quantitative estimate of drug-likeness (QED) is 0.481. The van der Waals surface area contributed by atoms with Crippen molar-refractivity contribution >= 4 is 34.2 Å². The van der Waals surface area contributed by atoms with E-state index in [1.165, 1.54) is 37.0 Å². The van der Waals surface area contributed by atoms with Gasteiger partial charge in [0.05, 0.1) is 16.7 Å². The number of aromatic amines is 1. The number of hydrogen-bond donors (Lipinski definition) is 2. The van der Waals surface area contributed by atoms with Crippen molar-refractivity contribution in [3.05, 3.63) is 52.9 Å². The zero-order valence-corrected chi connectivity index (χ0v) is 18.8. The first-order valence-electron chi connectivity index (χ1n) is 11.0. The van der Waals surface area contributed by atoms with E-state index in [0.29, 0.717) is 5.92 Å². The molecule has 1 heterocycles. The highest BCUT2D eigenvalue weighted by Gasteiger charge is 2.18. The van der Waals surface area contributed by atoms with E-state index < -0.39 is 0 Å². The summed E-state index contributed by atoms with van der Waals surface area (Å²) in [6, 6.07) is 14.5. The topological polar surface area (TPSA) is 53.1 Å². The average molecular weight is 425 g/mol. The van der Waals surface area contributed by atoms with Crippen molar-refractivity contribution < 1.29 is 0 Å². The fourth-order valence-corrected chi connectivity index (χ4v) is 5.36. The molecule has 2 N–H and O–H groups in total. The van der Waals surface area contributed by atoms with Crippen LogP contribution in [0.1, 0.15) is 32.1 Å². The van der Waals surface area contributed by atoms with E-state index in [2.05, 4.69) is 53.6 Å². The Labute approximate surface area is 182 Å². The summed E-state index contributed by atoms with van der Waals surface area (Å²) >= 11 is 1.84. The minimum absolute atomic E-state index is 0.0108. The number of hydrogen-bond acceptors (Lipinski definition) is 4. The van der Waals surface area contributed by atoms with Gasteiger partial charge in [-0.15, -0.1) is 11.8 Å². The summed E-state index contributed by atoms with van der Waals surface area (Å²) in [6.45, 7) is 1.83. The van der Waals surface area contributed by atoms with Gasteiger partial charge in [0.1, 0.15) is 0 Å². The monoisotopic (exact) mass is 424 g/mol. The van der Waals surface area contributed by atoms with Crippen LogP contribution in [0.15, 0.2) is 52.2 Å². The molecule has 1 fully saturated rings. The summed E-state index contributed by atoms with van der Waals surface area (Å²) < 4.78 is 1.97. The molecule has 2 aromatic carbocycles. The molecule has 3 aromatic rings. The van der Waals surface area contributed by atoms with Crippen molar-refractivity contribution in [3.63, 3.8) is 0 Å². The van der Waals surface area contributed by atoms with Gasteiger partial charge >= 0.3 is 5.69 Å². The first kappa shape index (κ1) is 21.1. The number of thioether (sulfide) groups is 1. The van der Waals surface area contributed by atoms with Crippen LogP contribution < -0.4 is 11.0 Å². The van der Waals surface area contributed by atoms with Crippen molar-refractivity contribution in [1.29, 1.82) is 0 Å². The number of anilines is 2. The fourth-order valence-electron chi connectivity index (χ4n) is 4.23. The molecular formula is C24H32N4OS. The molecule has 1 aromatic heterocycles. The van der Waals surface area contributed by atoms with E-state index in [0.717, 1.165) is 41.3 Å². The molecule has 0 bridgehead atoms. The molecule has 0 unspecified atom stereocenters. The minimum atomic E-state index is 0.0108. The van der Waals surface area contributed by atoms with Crippen LogP contribution in [0.4, 0.5) is 11.4 Å². The molecule has 1 aliphatic rings. The number of aromatic nitrogens is 2. The number of fused-ring (bicyclic) bond motifs is 1. The van der Waals surface area contributed by atoms with Crippen LogP contribution in [0.2, 0.25) is 0 Å². The Balaban J connectivity index is 1.67. The lowest BCUT2D eigenvalue weighted by Crippen LogP contribution is -2.23. The Kier molecular flexibility index (Phi) is 6.85. The smallest absolute Gasteiger partial charge is 0.326 e. The van der Waals surface area contributed by atoms with Gasteiger partial charge in [-0.1, -0.05) is 37.5 Å². The maximum absolute atomic E-state index is 12.8. The summed E-state index contributed by atoms with van der Waals surface area (Å²) in [5.41, 5.74) is 4.04. The van der Waals surface area contributed by atoms with E-state index >= 15 is 0 Å². The van der Waals surface area contributed by atoms with Crippen LogP contribution in [0.3, 0.4) is 0 Å². The molecule has 5 nitrogen and oxygen atoms in total. The lowest BCUT2D eigenvalue weighted by Gasteiger charge is -2.22. The molecule has 1 aliphatic carbocycles. The Hall–Kier alpha value is -2.18. The maximum atomic E-state index is 12.8. The Morgan fingerprint density at radius 3 is 2.63 bits per heavy atom. The molecule has 160 valence electrons. The zero-order valence-electron chi connectivity index (χ0n) is 18.0. The van der Waals surface area contributed by atoms with Gasteiger partial charge < -0.3 is 15.2 Å². The normalized spacial score (nSPS) is 15.2. The lowest BCUT2D eigenvalue weighted by atomic mass is 9.89. The first-order chi connectivity index (χ1) is 14.6. The van der Waals surface area contributed by atoms with Gasteiger partial charge in [0.25, 0.3) is 0 Å². The van der Waals surface area contributed by atoms with Gasteiger partial charge in [0.15, 0.2) is 0 Å². The van der Waals surface area contributed by atoms with Crippen LogP contribution in [-0.2, 0) is 6.54 Å². The fraction of sp³-hybridized carbons (Fsp3) is 0.458. The van der Waals surface area contributed by atoms with Crippen LogP contribution >= 0.6 is 11.8 Å². The highest BCUT2D eigenvalue weighted by molar-refractivity contribution is 7.99. The first-order valence-corrected chi connectivity index (χ1v) is 11.9. The van der Waals surface area contributed by atoms with Crippen LogP contribution in [-0.4, -0.2) is 40.8 Å². The van der Waals surface area contributed by atoms with Gasteiger partial charge in [-0.05, 0) is 57.1 Å². The number of rotatable bonds is 8. The maximum Gasteiger partial charge on any atom is 0.326 e. The predicted molar refractivity (Wildman–Crippen MR) is 128 cm³/mol. The SMILES string of the molecule is CN(C)CCSc1cc2c(cc1Nc1ccccc1)[nH]c(=O)n2CC1CCCCC1. The average Bonchev–Trinajstić information content (AvgIpc) is 3.03. The number of nitrogens with zero attached hydrogens (tertiary/aromatic N) is 2. The number of para-hydroxylation sites is 1. The van der Waals surface area contributed by atoms with E-state index in [9.17, 15) is 4.79 Å². The molecule has 1 saturated carbocycles. The van der Waals surface area contributed by atoms with Gasteiger partial charge in [-0.3, -0.25) is 4.57 Å². The van der Waals surface area contributed by atoms with E-state index in [1.54, 1.807) is 0 Å². The Morgan fingerprint density at radius 1 is 1.13 bits per heavy atom. The second-order valence-corrected chi connectivity index (χ2v) is 9.69. The van der Waals surface area contributed by atoms with Gasteiger partial charge in [-0.25, -0.2) is 4.79 Å². The van der Waals surface area contributed by atoms with Gasteiger partial charge in [-0.2, -0.15) is 0 Å². The molecular weight excluding hydrogens is 392 g/mol. The summed E-state index contributed by atoms with van der Waals surface area (Å²) in [5.74, 6) is 1.61. The molecule has 0 aliphatic heterocycles. The van der Waals surface area contributed by atoms with Crippen molar-refractivity contribution in [1.82, 2.24) is 14.5 Å². The second-order valence-electron chi connectivity index (χ2n) is 8.55. The van der Waals surface area contributed by atoms with Crippen LogP contribution in [0.25, 0.3) is 11.0 Å². The van der Waals surface area contributed by atoms with Crippen molar-refractivity contribution in [2.75, 3.05) is 31.7 Å². The molecule has 30 heavy (non-hydrogen) atoms. The third-order valence-electron chi connectivity index (χ3n) is 5.89. The largest absolute Gasteiger partial charge is 0.355 e. The molecule has 0 spiro atoms. The highest BCUT2D eigenvalue weighted by Crippen LogP contribution is 2.34. The summed E-state index contributed by atoms with van der Waals surface area (Å²) in [6.07, 6.45) is 6.38. The van der Waals surface area contributed by atoms with E-state index in [4.69, 9.17) is 0 Å². The van der Waals surface area contributed by atoms with Crippen LogP contribution in [0.5, 0.6) is 0 Å². The number of benzene rings is 2. The van der Waals surface area contributed by atoms with Gasteiger partial charge in [0, 0.05) is 29.4 Å². The summed E-state index contributed by atoms with van der Waals surface area (Å²) in [5, 5.41) is 3.55. The molecule has 0 amide bonds. The van der Waals surface area contributed by atoms with E-state index in [1.807, 2.05) is 34.5 Å². The second kappa shape index (κ2) is 9.75. The predicted octanol–water partition coefficient (Wildman–Crippen LogP) is 5.31. The Bertz CT molecular complexity index is 1020. The molecule has 0 saturated heterocycles. The molecule has 0 radical (unpaired) electrons. The van der Waals surface area contributed by atoms with Crippen molar-refractivity contribution in [2.24, 2.45) is 5.92 Å². The van der Waals surface area contributed by atoms with Crippen LogP contribution in [0, 0.1) is 5.92 Å². The highest BCUT2D eigenvalue weighted by atomic mass is 32.2. The lowest BCUT2D eigenvalue weighted by molar-refractivity contribution is 0.319. The van der Waals surface area contributed by atoms with Crippen molar-refractivity contribution in [3.8, 4) is 0 Å². The standard InChI is InChI=1S/C24H32N4OS/c1-27(2)13-14-30-23-16-22-20(15-21(23)25-19-11-7-4-8-12-19)26-24(29)28(22)17-18-9-5-3-6-10-18/h4,7-8,11-12,15-16,18,25H,3,5-6,9-10,13-14,17H2,1-2H3,(H,26,29). The Morgan fingerprint density at radius 2 is 1.90 bits per heavy atom. The molecule has 6 heteroatoms. The molecule has 4 rings (SSSR count). The third kappa shape index (κ3) is 5.10. The van der Waals surface area contributed by atoms with Crippen molar-refractivity contribution in [2.45, 2.75) is 43.5 Å².